The first-order chi connectivity index (χ1) is 8.66. The smallest absolute Gasteiger partial charge is 0.123 e. The van der Waals surface area contributed by atoms with E-state index in [1.165, 1.54) is 11.6 Å². The maximum atomic E-state index is 13.1. The summed E-state index contributed by atoms with van der Waals surface area (Å²) in [6.45, 7) is 4.98. The fourth-order valence-corrected chi connectivity index (χ4v) is 2.01. The van der Waals surface area contributed by atoms with Crippen molar-refractivity contribution in [2.24, 2.45) is 0 Å². The van der Waals surface area contributed by atoms with Gasteiger partial charge in [0.25, 0.3) is 0 Å². The van der Waals surface area contributed by atoms with Gasteiger partial charge in [0.2, 0.25) is 0 Å². The van der Waals surface area contributed by atoms with E-state index in [1.807, 2.05) is 18.2 Å². The minimum Gasteiger partial charge on any atom is -0.381 e. The molecule has 0 fully saturated rings. The molecule has 2 aromatic carbocycles. The lowest BCUT2D eigenvalue weighted by molar-refractivity contribution is 0.626. The van der Waals surface area contributed by atoms with Gasteiger partial charge in [-0.2, -0.15) is 0 Å². The second kappa shape index (κ2) is 5.67. The summed E-state index contributed by atoms with van der Waals surface area (Å²) in [5, 5.41) is 3.37. The predicted octanol–water partition coefficient (Wildman–Crippen LogP) is 4.56. The normalized spacial score (nSPS) is 10.7. The van der Waals surface area contributed by atoms with Gasteiger partial charge >= 0.3 is 0 Å². The monoisotopic (exact) mass is 243 g/mol. The summed E-state index contributed by atoms with van der Waals surface area (Å²) in [6, 6.07) is 14.9. The van der Waals surface area contributed by atoms with Crippen molar-refractivity contribution in [2.75, 3.05) is 5.32 Å². The first-order valence-corrected chi connectivity index (χ1v) is 6.24. The molecule has 0 atom stereocenters. The van der Waals surface area contributed by atoms with Crippen LogP contribution in [0.25, 0.3) is 0 Å². The van der Waals surface area contributed by atoms with Crippen molar-refractivity contribution in [3.05, 3.63) is 65.5 Å². The van der Waals surface area contributed by atoms with Crippen LogP contribution in [0.3, 0.4) is 0 Å². The molecule has 0 spiro atoms. The molecule has 18 heavy (non-hydrogen) atoms. The van der Waals surface area contributed by atoms with Crippen LogP contribution in [-0.4, -0.2) is 0 Å². The number of benzene rings is 2. The molecule has 0 saturated heterocycles. The molecule has 94 valence electrons. The highest BCUT2D eigenvalue weighted by Crippen LogP contribution is 2.24. The molecule has 0 aliphatic rings. The van der Waals surface area contributed by atoms with Gasteiger partial charge in [-0.1, -0.05) is 44.2 Å². The zero-order chi connectivity index (χ0) is 13.0. The quantitative estimate of drug-likeness (QED) is 0.830. The lowest BCUT2D eigenvalue weighted by Gasteiger charge is -2.14. The SMILES string of the molecule is CC(C)c1ccccc1NCc1cccc(F)c1. The van der Waals surface area contributed by atoms with Crippen LogP contribution < -0.4 is 5.32 Å². The van der Waals surface area contributed by atoms with Crippen molar-refractivity contribution in [1.82, 2.24) is 0 Å². The van der Waals surface area contributed by atoms with Crippen molar-refractivity contribution >= 4 is 5.69 Å². The van der Waals surface area contributed by atoms with Crippen LogP contribution >= 0.6 is 0 Å². The van der Waals surface area contributed by atoms with Gasteiger partial charge in [0.15, 0.2) is 0 Å². The molecular formula is C16H18FN. The maximum absolute atomic E-state index is 13.1. The van der Waals surface area contributed by atoms with E-state index in [1.54, 1.807) is 12.1 Å². The highest BCUT2D eigenvalue weighted by atomic mass is 19.1. The predicted molar refractivity (Wildman–Crippen MR) is 74.3 cm³/mol. The van der Waals surface area contributed by atoms with Crippen LogP contribution in [0.15, 0.2) is 48.5 Å². The number of hydrogen-bond acceptors (Lipinski definition) is 1. The Balaban J connectivity index is 2.11. The fourth-order valence-electron chi connectivity index (χ4n) is 2.01. The van der Waals surface area contributed by atoms with Crippen LogP contribution in [-0.2, 0) is 6.54 Å². The van der Waals surface area contributed by atoms with E-state index in [4.69, 9.17) is 0 Å². The molecule has 0 unspecified atom stereocenters. The second-order valence-electron chi connectivity index (χ2n) is 4.73. The molecule has 0 aromatic heterocycles. The fraction of sp³-hybridized carbons (Fsp3) is 0.250. The van der Waals surface area contributed by atoms with Crippen molar-refractivity contribution in [2.45, 2.75) is 26.3 Å². The highest BCUT2D eigenvalue weighted by molar-refractivity contribution is 5.52. The van der Waals surface area contributed by atoms with Crippen molar-refractivity contribution in [1.29, 1.82) is 0 Å². The number of halogens is 1. The summed E-state index contributed by atoms with van der Waals surface area (Å²) in [4.78, 5) is 0. The highest BCUT2D eigenvalue weighted by Gasteiger charge is 2.05. The number of nitrogens with one attached hydrogen (secondary N) is 1. The summed E-state index contributed by atoms with van der Waals surface area (Å²) in [6.07, 6.45) is 0. The van der Waals surface area contributed by atoms with Crippen LogP contribution in [0, 0.1) is 5.82 Å². The molecule has 1 nitrogen and oxygen atoms in total. The van der Waals surface area contributed by atoms with E-state index in [0.717, 1.165) is 11.3 Å². The first-order valence-electron chi connectivity index (χ1n) is 6.24. The minimum absolute atomic E-state index is 0.188. The van der Waals surface area contributed by atoms with Crippen molar-refractivity contribution in [3.63, 3.8) is 0 Å². The molecule has 0 amide bonds. The Morgan fingerprint density at radius 1 is 1.06 bits per heavy atom. The molecule has 0 bridgehead atoms. The number of para-hydroxylation sites is 1. The minimum atomic E-state index is -0.188. The zero-order valence-electron chi connectivity index (χ0n) is 10.8. The summed E-state index contributed by atoms with van der Waals surface area (Å²) >= 11 is 0. The third-order valence-corrected chi connectivity index (χ3v) is 2.95. The van der Waals surface area contributed by atoms with Gasteiger partial charge in [0.05, 0.1) is 0 Å². The van der Waals surface area contributed by atoms with Crippen molar-refractivity contribution in [3.8, 4) is 0 Å². The summed E-state index contributed by atoms with van der Waals surface area (Å²) in [5.74, 6) is 0.285. The van der Waals surface area contributed by atoms with E-state index in [2.05, 4.69) is 31.3 Å². The van der Waals surface area contributed by atoms with Crippen LogP contribution in [0.1, 0.15) is 30.9 Å². The molecule has 2 aromatic rings. The Kier molecular flexibility index (Phi) is 3.98. The topological polar surface area (TPSA) is 12.0 Å². The lowest BCUT2D eigenvalue weighted by Crippen LogP contribution is -2.03. The molecule has 2 heteroatoms. The number of hydrogen-bond donors (Lipinski definition) is 1. The van der Waals surface area contributed by atoms with Crippen LogP contribution in [0.4, 0.5) is 10.1 Å². The molecule has 0 aliphatic heterocycles. The first kappa shape index (κ1) is 12.6. The molecule has 1 N–H and O–H groups in total. The van der Waals surface area contributed by atoms with E-state index < -0.39 is 0 Å². The van der Waals surface area contributed by atoms with Gasteiger partial charge in [-0.25, -0.2) is 4.39 Å². The van der Waals surface area contributed by atoms with Crippen LogP contribution in [0.2, 0.25) is 0 Å². The number of anilines is 1. The largest absolute Gasteiger partial charge is 0.381 e. The van der Waals surface area contributed by atoms with Gasteiger partial charge in [0, 0.05) is 12.2 Å². The summed E-state index contributed by atoms with van der Waals surface area (Å²) in [7, 11) is 0. The van der Waals surface area contributed by atoms with Gasteiger partial charge < -0.3 is 5.32 Å². The second-order valence-corrected chi connectivity index (χ2v) is 4.73. The summed E-state index contributed by atoms with van der Waals surface area (Å²) in [5.41, 5.74) is 3.36. The molecule has 0 aliphatic carbocycles. The van der Waals surface area contributed by atoms with Gasteiger partial charge in [0.1, 0.15) is 5.82 Å². The Morgan fingerprint density at radius 3 is 2.56 bits per heavy atom. The number of rotatable bonds is 4. The molecule has 2 rings (SSSR count). The molecule has 0 radical (unpaired) electrons. The van der Waals surface area contributed by atoms with Gasteiger partial charge in [-0.3, -0.25) is 0 Å². The van der Waals surface area contributed by atoms with Gasteiger partial charge in [-0.15, -0.1) is 0 Å². The standard InChI is InChI=1S/C16H18FN/c1-12(2)15-8-3-4-9-16(15)18-11-13-6-5-7-14(17)10-13/h3-10,12,18H,11H2,1-2H3. The summed E-state index contributed by atoms with van der Waals surface area (Å²) < 4.78 is 13.1. The van der Waals surface area contributed by atoms with E-state index in [0.29, 0.717) is 12.5 Å². The molecule has 0 heterocycles. The average molecular weight is 243 g/mol. The van der Waals surface area contributed by atoms with Crippen molar-refractivity contribution < 1.29 is 4.39 Å². The Labute approximate surface area is 108 Å². The van der Waals surface area contributed by atoms with E-state index in [9.17, 15) is 4.39 Å². The Morgan fingerprint density at radius 2 is 1.83 bits per heavy atom. The third-order valence-electron chi connectivity index (χ3n) is 2.95. The van der Waals surface area contributed by atoms with Crippen LogP contribution in [0.5, 0.6) is 0 Å². The lowest BCUT2D eigenvalue weighted by atomic mass is 10.0. The maximum Gasteiger partial charge on any atom is 0.123 e. The molecular weight excluding hydrogens is 225 g/mol. The Hall–Kier alpha value is -1.83. The van der Waals surface area contributed by atoms with E-state index >= 15 is 0 Å². The average Bonchev–Trinajstić information content (AvgIpc) is 2.37. The third kappa shape index (κ3) is 3.10. The molecule has 0 saturated carbocycles. The van der Waals surface area contributed by atoms with E-state index in [-0.39, 0.29) is 5.82 Å². The Bertz CT molecular complexity index is 520. The zero-order valence-corrected chi connectivity index (χ0v) is 10.8. The van der Waals surface area contributed by atoms with Gasteiger partial charge in [-0.05, 0) is 35.2 Å².